The van der Waals surface area contributed by atoms with Gasteiger partial charge in [0, 0.05) is 25.2 Å². The molecule has 8 heteroatoms. The standard InChI is InChI=1S/C22H26FN3O3.ClH/c1-4-29-15-5-6-17(23)16(13-15)14-11-19(24-20(12-14)28-3)18-7-8-22(25-18)9-10-26(2)21(22)27;/h5-6,11-13,18,25H,4,7-10H2,1-3H3;1H/t18-,22+;/m1./s1. The van der Waals surface area contributed by atoms with E-state index < -0.39 is 5.54 Å². The fourth-order valence-electron chi connectivity index (χ4n) is 4.34. The molecule has 2 atom stereocenters. The molecule has 0 unspecified atom stereocenters. The zero-order valence-electron chi connectivity index (χ0n) is 17.4. The highest BCUT2D eigenvalue weighted by molar-refractivity contribution is 5.88. The number of likely N-dealkylation sites (N-methyl/N-ethyl adjacent to an activating group) is 1. The monoisotopic (exact) mass is 435 g/mol. The van der Waals surface area contributed by atoms with Gasteiger partial charge in [0.15, 0.2) is 0 Å². The van der Waals surface area contributed by atoms with Crippen LogP contribution in [0.1, 0.15) is 37.9 Å². The Kier molecular flexibility index (Phi) is 6.53. The summed E-state index contributed by atoms with van der Waals surface area (Å²) in [5.74, 6) is 0.824. The van der Waals surface area contributed by atoms with Crippen molar-refractivity contribution in [3.8, 4) is 22.8 Å². The minimum atomic E-state index is -0.509. The summed E-state index contributed by atoms with van der Waals surface area (Å²) in [6.45, 7) is 3.15. The van der Waals surface area contributed by atoms with Crippen molar-refractivity contribution in [2.24, 2.45) is 0 Å². The van der Waals surface area contributed by atoms with Gasteiger partial charge in [-0.2, -0.15) is 0 Å². The Hall–Kier alpha value is -2.38. The number of nitrogens with zero attached hydrogens (tertiary/aromatic N) is 2. The number of aromatic nitrogens is 1. The third kappa shape index (κ3) is 3.96. The van der Waals surface area contributed by atoms with Crippen LogP contribution >= 0.6 is 12.4 Å². The first-order valence-electron chi connectivity index (χ1n) is 9.98. The molecule has 0 bridgehead atoms. The highest BCUT2D eigenvalue weighted by atomic mass is 35.5. The first-order valence-corrected chi connectivity index (χ1v) is 9.98. The number of nitrogens with one attached hydrogen (secondary N) is 1. The molecule has 2 saturated heterocycles. The van der Waals surface area contributed by atoms with E-state index in [0.29, 0.717) is 29.4 Å². The van der Waals surface area contributed by atoms with Crippen molar-refractivity contribution in [3.05, 3.63) is 41.8 Å². The Morgan fingerprint density at radius 2 is 2.10 bits per heavy atom. The second-order valence-corrected chi connectivity index (χ2v) is 7.69. The van der Waals surface area contributed by atoms with E-state index in [4.69, 9.17) is 9.47 Å². The number of likely N-dealkylation sites (tertiary alicyclic amines) is 1. The average molecular weight is 436 g/mol. The van der Waals surface area contributed by atoms with Crippen LogP contribution in [0.3, 0.4) is 0 Å². The first kappa shape index (κ1) is 22.3. The van der Waals surface area contributed by atoms with Crippen LogP contribution in [0.15, 0.2) is 30.3 Å². The molecular weight excluding hydrogens is 409 g/mol. The molecule has 1 aromatic carbocycles. The molecule has 0 saturated carbocycles. The number of hydrogen-bond donors (Lipinski definition) is 1. The van der Waals surface area contributed by atoms with Crippen LogP contribution < -0.4 is 14.8 Å². The van der Waals surface area contributed by atoms with Crippen LogP contribution in [0.4, 0.5) is 4.39 Å². The van der Waals surface area contributed by atoms with E-state index >= 15 is 0 Å². The molecule has 1 amide bonds. The second-order valence-electron chi connectivity index (χ2n) is 7.69. The van der Waals surface area contributed by atoms with Crippen molar-refractivity contribution in [2.75, 3.05) is 27.3 Å². The third-order valence-electron chi connectivity index (χ3n) is 5.89. The molecule has 2 aliphatic heterocycles. The smallest absolute Gasteiger partial charge is 0.242 e. The zero-order chi connectivity index (χ0) is 20.6. The predicted molar refractivity (Wildman–Crippen MR) is 115 cm³/mol. The molecule has 162 valence electrons. The lowest BCUT2D eigenvalue weighted by Gasteiger charge is -2.23. The largest absolute Gasteiger partial charge is 0.494 e. The molecule has 0 radical (unpaired) electrons. The highest BCUT2D eigenvalue weighted by Gasteiger charge is 2.50. The minimum Gasteiger partial charge on any atom is -0.494 e. The van der Waals surface area contributed by atoms with Crippen LogP contribution in [-0.2, 0) is 4.79 Å². The Morgan fingerprint density at radius 3 is 2.77 bits per heavy atom. The number of pyridine rings is 1. The normalized spacial score (nSPS) is 23.0. The SMILES string of the molecule is CCOc1ccc(F)c(-c2cc(OC)nc([C@H]3CC[C@@]4(CCN(C)C4=O)N3)c2)c1.Cl. The topological polar surface area (TPSA) is 63.7 Å². The van der Waals surface area contributed by atoms with Gasteiger partial charge in [0.2, 0.25) is 11.8 Å². The zero-order valence-corrected chi connectivity index (χ0v) is 18.2. The van der Waals surface area contributed by atoms with Crippen LogP contribution in [-0.4, -0.2) is 48.6 Å². The van der Waals surface area contributed by atoms with E-state index in [2.05, 4.69) is 10.3 Å². The lowest BCUT2D eigenvalue weighted by molar-refractivity contribution is -0.131. The van der Waals surface area contributed by atoms with Crippen molar-refractivity contribution in [2.45, 2.75) is 37.8 Å². The van der Waals surface area contributed by atoms with Gasteiger partial charge in [-0.05, 0) is 56.0 Å². The van der Waals surface area contributed by atoms with E-state index in [0.717, 1.165) is 31.5 Å². The molecule has 1 spiro atoms. The maximum atomic E-state index is 14.6. The van der Waals surface area contributed by atoms with Gasteiger partial charge in [0.1, 0.15) is 17.1 Å². The summed E-state index contributed by atoms with van der Waals surface area (Å²) in [5.41, 5.74) is 1.34. The van der Waals surface area contributed by atoms with Crippen molar-refractivity contribution >= 4 is 18.3 Å². The predicted octanol–water partition coefficient (Wildman–Crippen LogP) is 3.74. The summed E-state index contributed by atoms with van der Waals surface area (Å²) in [5, 5.41) is 3.51. The molecule has 2 aliphatic rings. The Morgan fingerprint density at radius 1 is 1.30 bits per heavy atom. The van der Waals surface area contributed by atoms with Gasteiger partial charge in [0.25, 0.3) is 0 Å². The minimum absolute atomic E-state index is 0. The van der Waals surface area contributed by atoms with Crippen LogP contribution in [0.25, 0.3) is 11.1 Å². The van der Waals surface area contributed by atoms with Crippen LogP contribution in [0.5, 0.6) is 11.6 Å². The number of ether oxygens (including phenoxy) is 2. The summed E-state index contributed by atoms with van der Waals surface area (Å²) in [6, 6.07) is 8.22. The van der Waals surface area contributed by atoms with Crippen molar-refractivity contribution in [1.29, 1.82) is 0 Å². The van der Waals surface area contributed by atoms with E-state index in [1.165, 1.54) is 6.07 Å². The second kappa shape index (κ2) is 8.78. The number of benzene rings is 1. The number of carbonyl (C=O) groups is 1. The number of halogens is 2. The number of amides is 1. The Labute approximate surface area is 182 Å². The quantitative estimate of drug-likeness (QED) is 0.775. The van der Waals surface area contributed by atoms with Gasteiger partial charge >= 0.3 is 0 Å². The van der Waals surface area contributed by atoms with Crippen molar-refractivity contribution in [1.82, 2.24) is 15.2 Å². The van der Waals surface area contributed by atoms with Gasteiger partial charge < -0.3 is 14.4 Å². The lowest BCUT2D eigenvalue weighted by Crippen LogP contribution is -2.47. The van der Waals surface area contributed by atoms with Crippen LogP contribution in [0, 0.1) is 5.82 Å². The highest BCUT2D eigenvalue weighted by Crippen LogP contribution is 2.40. The summed E-state index contributed by atoms with van der Waals surface area (Å²) >= 11 is 0. The van der Waals surface area contributed by atoms with Gasteiger partial charge in [-0.25, -0.2) is 9.37 Å². The molecule has 3 heterocycles. The molecule has 2 aromatic rings. The maximum Gasteiger partial charge on any atom is 0.242 e. The van der Waals surface area contributed by atoms with Gasteiger partial charge in [-0.1, -0.05) is 0 Å². The molecular formula is C22H27ClFN3O3. The van der Waals surface area contributed by atoms with E-state index in [1.54, 1.807) is 30.2 Å². The molecule has 4 rings (SSSR count). The van der Waals surface area contributed by atoms with Gasteiger partial charge in [-0.15, -0.1) is 12.4 Å². The molecule has 6 nitrogen and oxygen atoms in total. The fourth-order valence-corrected chi connectivity index (χ4v) is 4.34. The summed E-state index contributed by atoms with van der Waals surface area (Å²) in [6.07, 6.45) is 2.35. The van der Waals surface area contributed by atoms with Crippen molar-refractivity contribution in [3.63, 3.8) is 0 Å². The summed E-state index contributed by atoms with van der Waals surface area (Å²) < 4.78 is 25.5. The molecule has 1 aromatic heterocycles. The van der Waals surface area contributed by atoms with Gasteiger partial charge in [-0.3, -0.25) is 10.1 Å². The number of methoxy groups -OCH3 is 1. The van der Waals surface area contributed by atoms with E-state index in [1.807, 2.05) is 20.0 Å². The lowest BCUT2D eigenvalue weighted by atomic mass is 9.96. The number of carbonyl (C=O) groups excluding carboxylic acids is 1. The van der Waals surface area contributed by atoms with E-state index in [-0.39, 0.29) is 30.2 Å². The van der Waals surface area contributed by atoms with E-state index in [9.17, 15) is 9.18 Å². The Bertz CT molecular complexity index is 942. The maximum absolute atomic E-state index is 14.6. The number of hydrogen-bond acceptors (Lipinski definition) is 5. The fraction of sp³-hybridized carbons (Fsp3) is 0.455. The van der Waals surface area contributed by atoms with Crippen molar-refractivity contribution < 1.29 is 18.7 Å². The average Bonchev–Trinajstić information content (AvgIpc) is 3.29. The van der Waals surface area contributed by atoms with Gasteiger partial charge in [0.05, 0.1) is 25.5 Å². The first-order chi connectivity index (χ1) is 14.0. The van der Waals surface area contributed by atoms with Crippen LogP contribution in [0.2, 0.25) is 0 Å². The summed E-state index contributed by atoms with van der Waals surface area (Å²) in [4.78, 5) is 19.0. The molecule has 30 heavy (non-hydrogen) atoms. The molecule has 0 aliphatic carbocycles. The Balaban J connectivity index is 0.00000256. The summed E-state index contributed by atoms with van der Waals surface area (Å²) in [7, 11) is 3.38. The molecule has 2 fully saturated rings. The third-order valence-corrected chi connectivity index (χ3v) is 5.89. The number of rotatable bonds is 5. The molecule has 1 N–H and O–H groups in total.